The van der Waals surface area contributed by atoms with E-state index in [2.05, 4.69) is 12.1 Å². The molecule has 2 aliphatic carbocycles. The van der Waals surface area contributed by atoms with E-state index in [0.717, 1.165) is 25.0 Å². The van der Waals surface area contributed by atoms with Gasteiger partial charge >= 0.3 is 0 Å². The highest BCUT2D eigenvalue weighted by atomic mass is 16.5. The molecule has 1 fully saturated rings. The molecule has 3 rings (SSSR count). The van der Waals surface area contributed by atoms with Crippen molar-refractivity contribution in [2.75, 3.05) is 7.11 Å². The van der Waals surface area contributed by atoms with Crippen molar-refractivity contribution in [3.05, 3.63) is 29.3 Å². The molecule has 2 atom stereocenters. The highest BCUT2D eigenvalue weighted by Gasteiger charge is 2.38. The van der Waals surface area contributed by atoms with Crippen molar-refractivity contribution in [1.29, 1.82) is 0 Å². The molecule has 1 saturated carbocycles. The highest BCUT2D eigenvalue weighted by molar-refractivity contribution is 5.85. The van der Waals surface area contributed by atoms with E-state index in [1.807, 2.05) is 6.07 Å². The van der Waals surface area contributed by atoms with Crippen LogP contribution in [0.25, 0.3) is 0 Å². The molecule has 1 aromatic rings. The summed E-state index contributed by atoms with van der Waals surface area (Å²) in [4.78, 5) is 11.6. The Bertz CT molecular complexity index is 423. The van der Waals surface area contributed by atoms with Gasteiger partial charge in [0.15, 0.2) is 0 Å². The summed E-state index contributed by atoms with van der Waals surface area (Å²) in [5.41, 5.74) is 2.69. The molecule has 0 heterocycles. The maximum atomic E-state index is 11.6. The van der Waals surface area contributed by atoms with E-state index in [9.17, 15) is 4.79 Å². The minimum Gasteiger partial charge on any atom is -0.497 e. The molecule has 0 spiro atoms. The standard InChI is InChI=1S/C13H14O2/c1-15-11-3-2-8-4-10-5-9(6-13(10)14)12(8)7-11/h2-3,7,9-10H,4-6H2,1H3. The minimum absolute atomic E-state index is 0.302. The Kier molecular flexibility index (Phi) is 1.84. The summed E-state index contributed by atoms with van der Waals surface area (Å²) < 4.78 is 5.23. The van der Waals surface area contributed by atoms with E-state index in [0.29, 0.717) is 17.6 Å². The number of Topliss-reactive ketones (excluding diaryl/α,β-unsaturated/α-hetero) is 1. The van der Waals surface area contributed by atoms with Crippen molar-refractivity contribution < 1.29 is 9.53 Å². The van der Waals surface area contributed by atoms with Crippen molar-refractivity contribution in [3.63, 3.8) is 0 Å². The molecule has 2 aliphatic rings. The molecule has 0 saturated heterocycles. The first-order valence-corrected chi connectivity index (χ1v) is 5.47. The third kappa shape index (κ3) is 1.28. The molecule has 78 valence electrons. The zero-order valence-electron chi connectivity index (χ0n) is 8.82. The van der Waals surface area contributed by atoms with Crippen LogP contribution in [0.1, 0.15) is 29.9 Å². The predicted octanol–water partition coefficient (Wildman–Crippen LogP) is 2.31. The van der Waals surface area contributed by atoms with Gasteiger partial charge in [-0.15, -0.1) is 0 Å². The van der Waals surface area contributed by atoms with E-state index in [-0.39, 0.29) is 0 Å². The number of hydrogen-bond donors (Lipinski definition) is 0. The van der Waals surface area contributed by atoms with Gasteiger partial charge in [-0.2, -0.15) is 0 Å². The molecule has 2 heteroatoms. The van der Waals surface area contributed by atoms with E-state index in [1.165, 1.54) is 11.1 Å². The van der Waals surface area contributed by atoms with Gasteiger partial charge in [-0.25, -0.2) is 0 Å². The summed E-state index contributed by atoms with van der Waals surface area (Å²) in [7, 11) is 1.69. The van der Waals surface area contributed by atoms with Crippen molar-refractivity contribution in [3.8, 4) is 5.75 Å². The van der Waals surface area contributed by atoms with Gasteiger partial charge in [-0.1, -0.05) is 6.07 Å². The predicted molar refractivity (Wildman–Crippen MR) is 57.2 cm³/mol. The summed E-state index contributed by atoms with van der Waals surface area (Å²) in [6.07, 6.45) is 2.73. The SMILES string of the molecule is COc1ccc2c(c1)C1CC(=O)C(C2)C1. The fraction of sp³-hybridized carbons (Fsp3) is 0.462. The smallest absolute Gasteiger partial charge is 0.136 e. The van der Waals surface area contributed by atoms with E-state index < -0.39 is 0 Å². The molecule has 0 radical (unpaired) electrons. The van der Waals surface area contributed by atoms with Crippen molar-refractivity contribution in [2.24, 2.45) is 5.92 Å². The molecular weight excluding hydrogens is 188 g/mol. The Morgan fingerprint density at radius 3 is 2.93 bits per heavy atom. The van der Waals surface area contributed by atoms with Gasteiger partial charge in [0.1, 0.15) is 11.5 Å². The van der Waals surface area contributed by atoms with Gasteiger partial charge in [0.25, 0.3) is 0 Å². The third-order valence-corrected chi connectivity index (χ3v) is 3.73. The zero-order chi connectivity index (χ0) is 10.4. The highest BCUT2D eigenvalue weighted by Crippen LogP contribution is 2.44. The second kappa shape index (κ2) is 3.09. The zero-order valence-corrected chi connectivity index (χ0v) is 8.82. The van der Waals surface area contributed by atoms with Gasteiger partial charge in [-0.3, -0.25) is 4.79 Å². The van der Waals surface area contributed by atoms with Crippen LogP contribution in [0.3, 0.4) is 0 Å². The van der Waals surface area contributed by atoms with Crippen LogP contribution in [-0.4, -0.2) is 12.9 Å². The fourth-order valence-electron chi connectivity index (χ4n) is 2.93. The third-order valence-electron chi connectivity index (χ3n) is 3.73. The number of methoxy groups -OCH3 is 1. The number of ether oxygens (including phenoxy) is 1. The van der Waals surface area contributed by atoms with Crippen LogP contribution in [0, 0.1) is 5.92 Å². The number of fused-ring (bicyclic) bond motifs is 4. The van der Waals surface area contributed by atoms with Crippen LogP contribution < -0.4 is 4.74 Å². The lowest BCUT2D eigenvalue weighted by molar-refractivity contribution is -0.120. The molecular formula is C13H14O2. The average Bonchev–Trinajstić information content (AvgIpc) is 2.56. The van der Waals surface area contributed by atoms with Crippen molar-refractivity contribution >= 4 is 5.78 Å². The topological polar surface area (TPSA) is 26.3 Å². The average molecular weight is 202 g/mol. The number of carbonyl (C=O) groups excluding carboxylic acids is 1. The lowest BCUT2D eigenvalue weighted by atomic mass is 9.83. The van der Waals surface area contributed by atoms with Crippen molar-refractivity contribution in [2.45, 2.75) is 25.2 Å². The van der Waals surface area contributed by atoms with Crippen LogP contribution in [0.4, 0.5) is 0 Å². The second-order valence-electron chi connectivity index (χ2n) is 4.57. The Morgan fingerprint density at radius 2 is 2.13 bits per heavy atom. The first-order valence-electron chi connectivity index (χ1n) is 5.47. The van der Waals surface area contributed by atoms with Crippen LogP contribution in [0.2, 0.25) is 0 Å². The first kappa shape index (κ1) is 8.96. The Hall–Kier alpha value is -1.31. The maximum absolute atomic E-state index is 11.6. The van der Waals surface area contributed by atoms with Gasteiger partial charge in [0, 0.05) is 12.3 Å². The normalized spacial score (nSPS) is 27.7. The lowest BCUT2D eigenvalue weighted by Crippen LogP contribution is -2.13. The van der Waals surface area contributed by atoms with Crippen LogP contribution in [0.5, 0.6) is 5.75 Å². The van der Waals surface area contributed by atoms with Gasteiger partial charge in [0.05, 0.1) is 7.11 Å². The van der Waals surface area contributed by atoms with E-state index in [1.54, 1.807) is 7.11 Å². The van der Waals surface area contributed by atoms with E-state index in [4.69, 9.17) is 4.74 Å². The first-order chi connectivity index (χ1) is 7.28. The molecule has 2 bridgehead atoms. The molecule has 0 amide bonds. The largest absolute Gasteiger partial charge is 0.497 e. The number of hydrogen-bond acceptors (Lipinski definition) is 2. The Morgan fingerprint density at radius 1 is 1.27 bits per heavy atom. The quantitative estimate of drug-likeness (QED) is 0.698. The maximum Gasteiger partial charge on any atom is 0.136 e. The fourth-order valence-corrected chi connectivity index (χ4v) is 2.93. The lowest BCUT2D eigenvalue weighted by Gasteiger charge is -2.22. The monoisotopic (exact) mass is 202 g/mol. The molecule has 2 unspecified atom stereocenters. The van der Waals surface area contributed by atoms with Crippen LogP contribution >= 0.6 is 0 Å². The minimum atomic E-state index is 0.302. The van der Waals surface area contributed by atoms with E-state index >= 15 is 0 Å². The number of rotatable bonds is 1. The molecule has 2 nitrogen and oxygen atoms in total. The van der Waals surface area contributed by atoms with Gasteiger partial charge < -0.3 is 4.74 Å². The van der Waals surface area contributed by atoms with Gasteiger partial charge in [0.2, 0.25) is 0 Å². The molecule has 0 N–H and O–H groups in total. The number of benzene rings is 1. The van der Waals surface area contributed by atoms with Gasteiger partial charge in [-0.05, 0) is 42.0 Å². The number of ketones is 1. The molecule has 1 aromatic carbocycles. The summed E-state index contributed by atoms with van der Waals surface area (Å²) in [5.74, 6) is 2.12. The molecule has 0 aromatic heterocycles. The Labute approximate surface area is 89.2 Å². The summed E-state index contributed by atoms with van der Waals surface area (Å²) in [6, 6.07) is 6.22. The summed E-state index contributed by atoms with van der Waals surface area (Å²) in [5, 5.41) is 0. The molecule has 0 aliphatic heterocycles. The summed E-state index contributed by atoms with van der Waals surface area (Å²) >= 11 is 0. The Balaban J connectivity index is 2.06. The molecule has 15 heavy (non-hydrogen) atoms. The van der Waals surface area contributed by atoms with Crippen LogP contribution in [-0.2, 0) is 11.2 Å². The van der Waals surface area contributed by atoms with Crippen molar-refractivity contribution in [1.82, 2.24) is 0 Å². The van der Waals surface area contributed by atoms with Crippen LogP contribution in [0.15, 0.2) is 18.2 Å². The second-order valence-corrected chi connectivity index (χ2v) is 4.57. The summed E-state index contributed by atoms with van der Waals surface area (Å²) in [6.45, 7) is 0. The number of carbonyl (C=O) groups is 1.